The number of urea groups is 1. The van der Waals surface area contributed by atoms with E-state index in [0.717, 1.165) is 21.1 Å². The molecule has 0 aliphatic rings. The van der Waals surface area contributed by atoms with E-state index >= 15 is 0 Å². The number of carbonyl (C=O) groups excluding carboxylic acids is 1. The van der Waals surface area contributed by atoms with E-state index in [2.05, 4.69) is 21.7 Å². The summed E-state index contributed by atoms with van der Waals surface area (Å²) in [6.07, 6.45) is 0. The van der Waals surface area contributed by atoms with Crippen LogP contribution in [0.4, 0.5) is 10.5 Å². The van der Waals surface area contributed by atoms with Crippen LogP contribution in [0.3, 0.4) is 0 Å². The van der Waals surface area contributed by atoms with Gasteiger partial charge in [-0.1, -0.05) is 12.1 Å². The number of nitriles is 1. The Labute approximate surface area is 140 Å². The highest BCUT2D eigenvalue weighted by Crippen LogP contribution is 2.23. The number of aryl methyl sites for hydroxylation is 2. The van der Waals surface area contributed by atoms with E-state index in [9.17, 15) is 4.79 Å². The minimum absolute atomic E-state index is 0.261. The minimum Gasteiger partial charge on any atom is -0.333 e. The Kier molecular flexibility index (Phi) is 5.02. The normalized spacial score (nSPS) is 10.9. The largest absolute Gasteiger partial charge is 0.333 e. The molecule has 0 saturated carbocycles. The smallest absolute Gasteiger partial charge is 0.319 e. The van der Waals surface area contributed by atoms with Crippen molar-refractivity contribution in [2.24, 2.45) is 0 Å². The summed E-state index contributed by atoms with van der Waals surface area (Å²) in [4.78, 5) is 17.3. The third-order valence-corrected chi connectivity index (χ3v) is 4.63. The lowest BCUT2D eigenvalue weighted by molar-refractivity contribution is 0.252. The van der Waals surface area contributed by atoms with Crippen molar-refractivity contribution < 1.29 is 4.79 Å². The summed E-state index contributed by atoms with van der Waals surface area (Å²) < 4.78 is 0. The van der Waals surface area contributed by atoms with Crippen LogP contribution in [0.5, 0.6) is 0 Å². The SMILES string of the molecule is Cc1nc(C)c(CNC(=O)Nc2ccc(C(C)(C)C#N)cc2)s1. The molecule has 1 heterocycles. The monoisotopic (exact) mass is 328 g/mol. The molecule has 0 saturated heterocycles. The van der Waals surface area contributed by atoms with Gasteiger partial charge in [0.15, 0.2) is 0 Å². The molecule has 0 atom stereocenters. The number of carbonyl (C=O) groups is 1. The lowest BCUT2D eigenvalue weighted by Crippen LogP contribution is -2.28. The fourth-order valence-corrected chi connectivity index (χ4v) is 2.98. The number of rotatable bonds is 4. The Morgan fingerprint density at radius 3 is 2.48 bits per heavy atom. The molecule has 5 nitrogen and oxygen atoms in total. The van der Waals surface area contributed by atoms with Crippen molar-refractivity contribution in [3.05, 3.63) is 45.4 Å². The van der Waals surface area contributed by atoms with Crippen LogP contribution in [0.2, 0.25) is 0 Å². The predicted molar refractivity (Wildman–Crippen MR) is 92.5 cm³/mol. The fraction of sp³-hybridized carbons (Fsp3) is 0.353. The Hall–Kier alpha value is -2.39. The maximum atomic E-state index is 12.0. The van der Waals surface area contributed by atoms with Gasteiger partial charge in [-0.15, -0.1) is 11.3 Å². The third kappa shape index (κ3) is 4.30. The summed E-state index contributed by atoms with van der Waals surface area (Å²) in [5.74, 6) is 0. The molecular weight excluding hydrogens is 308 g/mol. The summed E-state index contributed by atoms with van der Waals surface area (Å²) in [6.45, 7) is 8.07. The van der Waals surface area contributed by atoms with Gasteiger partial charge < -0.3 is 10.6 Å². The molecule has 0 bridgehead atoms. The molecule has 2 N–H and O–H groups in total. The van der Waals surface area contributed by atoms with Crippen molar-refractivity contribution in [2.75, 3.05) is 5.32 Å². The van der Waals surface area contributed by atoms with Crippen LogP contribution in [0.1, 0.15) is 35.0 Å². The van der Waals surface area contributed by atoms with Gasteiger partial charge in [0, 0.05) is 10.6 Å². The molecule has 1 aromatic carbocycles. The first kappa shape index (κ1) is 17.0. The van der Waals surface area contributed by atoms with Crippen LogP contribution in [0.15, 0.2) is 24.3 Å². The van der Waals surface area contributed by atoms with Gasteiger partial charge in [-0.25, -0.2) is 9.78 Å². The number of nitrogens with one attached hydrogen (secondary N) is 2. The molecule has 0 aliphatic carbocycles. The van der Waals surface area contributed by atoms with Gasteiger partial charge >= 0.3 is 6.03 Å². The first-order valence-electron chi connectivity index (χ1n) is 7.31. The molecule has 2 amide bonds. The van der Waals surface area contributed by atoms with E-state index in [1.54, 1.807) is 23.5 Å². The van der Waals surface area contributed by atoms with Gasteiger partial charge in [-0.2, -0.15) is 5.26 Å². The van der Waals surface area contributed by atoms with Crippen LogP contribution in [0.25, 0.3) is 0 Å². The summed E-state index contributed by atoms with van der Waals surface area (Å²) in [6, 6.07) is 9.31. The first-order chi connectivity index (χ1) is 10.8. The Balaban J connectivity index is 1.93. The van der Waals surface area contributed by atoms with Crippen LogP contribution in [-0.2, 0) is 12.0 Å². The lowest BCUT2D eigenvalue weighted by atomic mass is 9.86. The third-order valence-electron chi connectivity index (χ3n) is 3.55. The van der Waals surface area contributed by atoms with Crippen molar-refractivity contribution in [1.29, 1.82) is 5.26 Å². The molecular formula is C17H20N4OS. The molecule has 0 spiro atoms. The number of hydrogen-bond donors (Lipinski definition) is 2. The maximum absolute atomic E-state index is 12.0. The Bertz CT molecular complexity index is 741. The molecule has 0 aliphatic heterocycles. The molecule has 6 heteroatoms. The summed E-state index contributed by atoms with van der Waals surface area (Å²) in [5.41, 5.74) is 2.03. The van der Waals surface area contributed by atoms with E-state index in [0.29, 0.717) is 12.2 Å². The molecule has 1 aromatic heterocycles. The molecule has 120 valence electrons. The average Bonchev–Trinajstić information content (AvgIpc) is 2.83. The van der Waals surface area contributed by atoms with Crippen LogP contribution >= 0.6 is 11.3 Å². The van der Waals surface area contributed by atoms with E-state index in [1.165, 1.54) is 0 Å². The predicted octanol–water partition coefficient (Wildman–Crippen LogP) is 3.88. The number of thiazole rings is 1. The minimum atomic E-state index is -0.539. The van der Waals surface area contributed by atoms with Crippen molar-refractivity contribution in [2.45, 2.75) is 39.7 Å². The highest BCUT2D eigenvalue weighted by atomic mass is 32.1. The quantitative estimate of drug-likeness (QED) is 0.894. The zero-order chi connectivity index (χ0) is 17.0. The van der Waals surface area contributed by atoms with Crippen molar-refractivity contribution in [3.63, 3.8) is 0 Å². The second-order valence-corrected chi connectivity index (χ2v) is 7.15. The summed E-state index contributed by atoms with van der Waals surface area (Å²) >= 11 is 1.59. The highest BCUT2D eigenvalue weighted by Gasteiger charge is 2.19. The van der Waals surface area contributed by atoms with Crippen molar-refractivity contribution in [1.82, 2.24) is 10.3 Å². The highest BCUT2D eigenvalue weighted by molar-refractivity contribution is 7.11. The van der Waals surface area contributed by atoms with Crippen LogP contribution < -0.4 is 10.6 Å². The van der Waals surface area contributed by atoms with E-state index in [-0.39, 0.29) is 6.03 Å². The zero-order valence-corrected chi connectivity index (χ0v) is 14.5. The van der Waals surface area contributed by atoms with Gasteiger partial charge in [-0.3, -0.25) is 0 Å². The maximum Gasteiger partial charge on any atom is 0.319 e. The molecule has 2 rings (SSSR count). The first-order valence-corrected chi connectivity index (χ1v) is 8.13. The number of hydrogen-bond acceptors (Lipinski definition) is 4. The van der Waals surface area contributed by atoms with Gasteiger partial charge in [0.05, 0.1) is 28.7 Å². The molecule has 0 unspecified atom stereocenters. The number of aromatic nitrogens is 1. The van der Waals surface area contributed by atoms with Gasteiger partial charge in [0.25, 0.3) is 0 Å². The Morgan fingerprint density at radius 2 is 1.96 bits per heavy atom. The second-order valence-electron chi connectivity index (χ2n) is 5.86. The molecule has 0 fully saturated rings. The van der Waals surface area contributed by atoms with Crippen molar-refractivity contribution in [3.8, 4) is 6.07 Å². The van der Waals surface area contributed by atoms with E-state index in [4.69, 9.17) is 5.26 Å². The number of benzene rings is 1. The van der Waals surface area contributed by atoms with Crippen molar-refractivity contribution >= 4 is 23.1 Å². The van der Waals surface area contributed by atoms with Crippen LogP contribution in [-0.4, -0.2) is 11.0 Å². The molecule has 2 aromatic rings. The van der Waals surface area contributed by atoms with Gasteiger partial charge in [-0.05, 0) is 45.4 Å². The van der Waals surface area contributed by atoms with Gasteiger partial charge in [0.2, 0.25) is 0 Å². The Morgan fingerprint density at radius 1 is 1.30 bits per heavy atom. The molecule has 0 radical (unpaired) electrons. The molecule has 23 heavy (non-hydrogen) atoms. The topological polar surface area (TPSA) is 77.8 Å². The van der Waals surface area contributed by atoms with E-state index < -0.39 is 5.41 Å². The number of nitrogens with zero attached hydrogens (tertiary/aromatic N) is 2. The second kappa shape index (κ2) is 6.80. The lowest BCUT2D eigenvalue weighted by Gasteiger charge is -2.16. The zero-order valence-electron chi connectivity index (χ0n) is 13.7. The standard InChI is InChI=1S/C17H20N4OS/c1-11-15(23-12(2)20-11)9-19-16(22)21-14-7-5-13(6-8-14)17(3,4)10-18/h5-8H,9H2,1-4H3,(H2,19,21,22). The van der Waals surface area contributed by atoms with Gasteiger partial charge in [0.1, 0.15) is 0 Å². The number of anilines is 1. The summed E-state index contributed by atoms with van der Waals surface area (Å²) in [5, 5.41) is 15.7. The number of amides is 2. The average molecular weight is 328 g/mol. The van der Waals surface area contributed by atoms with Crippen LogP contribution in [0, 0.1) is 25.2 Å². The fourth-order valence-electron chi connectivity index (χ4n) is 2.11. The van der Waals surface area contributed by atoms with E-state index in [1.807, 2.05) is 39.8 Å². The summed E-state index contributed by atoms with van der Waals surface area (Å²) in [7, 11) is 0.